The molecule has 2 aromatic carbocycles. The molecule has 0 aliphatic heterocycles. The predicted octanol–water partition coefficient (Wildman–Crippen LogP) is 2.92. The first-order valence-corrected chi connectivity index (χ1v) is 10.7. The number of benzene rings is 2. The highest BCUT2D eigenvalue weighted by Gasteiger charge is 2.23. The Morgan fingerprint density at radius 2 is 1.59 bits per heavy atom. The molecule has 0 saturated heterocycles. The molecule has 0 aliphatic carbocycles. The van der Waals surface area contributed by atoms with Crippen LogP contribution in [0.25, 0.3) is 0 Å². The van der Waals surface area contributed by atoms with Crippen LogP contribution in [0.15, 0.2) is 59.5 Å². The fourth-order valence-corrected chi connectivity index (χ4v) is 4.10. The molecule has 0 aromatic heterocycles. The molecule has 156 valence electrons. The molecule has 0 saturated carbocycles. The van der Waals surface area contributed by atoms with Gasteiger partial charge in [-0.25, -0.2) is 8.42 Å². The van der Waals surface area contributed by atoms with Gasteiger partial charge < -0.3 is 10.6 Å². The summed E-state index contributed by atoms with van der Waals surface area (Å²) in [6.07, 6.45) is 0.0553. The predicted molar refractivity (Wildman–Crippen MR) is 113 cm³/mol. The number of hydrogen-bond acceptors (Lipinski definition) is 4. The topological polar surface area (TPSA) is 95.6 Å². The zero-order valence-electron chi connectivity index (χ0n) is 17.0. The number of sulfonamides is 1. The monoisotopic (exact) mass is 417 g/mol. The summed E-state index contributed by atoms with van der Waals surface area (Å²) in [4.78, 5) is 24.1. The maximum Gasteiger partial charge on any atom is 0.243 e. The highest BCUT2D eigenvalue weighted by atomic mass is 32.2. The summed E-state index contributed by atoms with van der Waals surface area (Å²) in [7, 11) is -2.05. The molecule has 0 heterocycles. The first-order chi connectivity index (χ1) is 13.6. The van der Waals surface area contributed by atoms with Gasteiger partial charge in [-0.2, -0.15) is 4.31 Å². The van der Waals surface area contributed by atoms with Gasteiger partial charge in [-0.05, 0) is 43.7 Å². The third kappa shape index (κ3) is 6.13. The van der Waals surface area contributed by atoms with Crippen LogP contribution in [0.1, 0.15) is 38.8 Å². The standard InChI is InChI=1S/C21H27N3O4S/c1-15(2)24(4)29(27,28)19-12-10-18(11-13-19)23-21(26)14-20(22-16(3)25)17-8-6-5-7-9-17/h5-13,15,20H,14H2,1-4H3,(H,22,25)(H,23,26)/t20-/m1/s1. The molecule has 2 amide bonds. The fourth-order valence-electron chi connectivity index (χ4n) is 2.73. The van der Waals surface area contributed by atoms with Crippen molar-refractivity contribution in [1.82, 2.24) is 9.62 Å². The van der Waals surface area contributed by atoms with E-state index in [0.717, 1.165) is 5.56 Å². The Labute approximate surface area is 172 Å². The molecule has 0 unspecified atom stereocenters. The number of nitrogens with zero attached hydrogens (tertiary/aromatic N) is 1. The van der Waals surface area contributed by atoms with E-state index < -0.39 is 16.1 Å². The molecular formula is C21H27N3O4S. The van der Waals surface area contributed by atoms with E-state index in [0.29, 0.717) is 5.69 Å². The number of nitrogens with one attached hydrogen (secondary N) is 2. The summed E-state index contributed by atoms with van der Waals surface area (Å²) < 4.78 is 26.3. The van der Waals surface area contributed by atoms with Gasteiger partial charge in [0, 0.05) is 25.7 Å². The molecule has 2 aromatic rings. The largest absolute Gasteiger partial charge is 0.349 e. The highest BCUT2D eigenvalue weighted by Crippen LogP contribution is 2.21. The Balaban J connectivity index is 2.09. The molecule has 2 rings (SSSR count). The van der Waals surface area contributed by atoms with Crippen LogP contribution in [-0.4, -0.2) is 37.6 Å². The van der Waals surface area contributed by atoms with Gasteiger partial charge in [-0.1, -0.05) is 30.3 Å². The molecule has 2 N–H and O–H groups in total. The Hall–Kier alpha value is -2.71. The van der Waals surface area contributed by atoms with E-state index in [2.05, 4.69) is 10.6 Å². The summed E-state index contributed by atoms with van der Waals surface area (Å²) in [5.74, 6) is -0.516. The van der Waals surface area contributed by atoms with Crippen molar-refractivity contribution in [2.24, 2.45) is 0 Å². The number of anilines is 1. The van der Waals surface area contributed by atoms with E-state index in [1.165, 1.54) is 30.4 Å². The van der Waals surface area contributed by atoms with Gasteiger partial charge in [0.15, 0.2) is 0 Å². The van der Waals surface area contributed by atoms with Crippen LogP contribution >= 0.6 is 0 Å². The van der Waals surface area contributed by atoms with E-state index in [1.54, 1.807) is 26.0 Å². The van der Waals surface area contributed by atoms with E-state index in [1.807, 2.05) is 30.3 Å². The molecule has 0 radical (unpaired) electrons. The Morgan fingerprint density at radius 3 is 2.10 bits per heavy atom. The molecular weight excluding hydrogens is 390 g/mol. The van der Waals surface area contributed by atoms with Crippen molar-refractivity contribution in [3.05, 3.63) is 60.2 Å². The Morgan fingerprint density at radius 1 is 1.00 bits per heavy atom. The van der Waals surface area contributed by atoms with Gasteiger partial charge in [0.05, 0.1) is 17.4 Å². The fraction of sp³-hybridized carbons (Fsp3) is 0.333. The van der Waals surface area contributed by atoms with Crippen molar-refractivity contribution in [3.8, 4) is 0 Å². The van der Waals surface area contributed by atoms with Crippen molar-refractivity contribution in [1.29, 1.82) is 0 Å². The average Bonchev–Trinajstić information content (AvgIpc) is 2.67. The van der Waals surface area contributed by atoms with Crippen molar-refractivity contribution < 1.29 is 18.0 Å². The lowest BCUT2D eigenvalue weighted by Gasteiger charge is -2.21. The molecule has 29 heavy (non-hydrogen) atoms. The van der Waals surface area contributed by atoms with Gasteiger partial charge >= 0.3 is 0 Å². The SMILES string of the molecule is CC(=O)N[C@H](CC(=O)Nc1ccc(S(=O)(=O)N(C)C(C)C)cc1)c1ccccc1. The molecule has 0 aliphatic rings. The maximum atomic E-state index is 12.5. The number of carbonyl (C=O) groups is 2. The van der Waals surface area contributed by atoms with Crippen molar-refractivity contribution in [2.75, 3.05) is 12.4 Å². The number of amides is 2. The first-order valence-electron chi connectivity index (χ1n) is 9.31. The van der Waals surface area contributed by atoms with Gasteiger partial charge in [0.2, 0.25) is 21.8 Å². The lowest BCUT2D eigenvalue weighted by atomic mass is 10.0. The second kappa shape index (κ2) is 9.67. The van der Waals surface area contributed by atoms with Crippen LogP contribution in [0.2, 0.25) is 0 Å². The smallest absolute Gasteiger partial charge is 0.243 e. The third-order valence-electron chi connectivity index (χ3n) is 4.51. The molecule has 0 fully saturated rings. The summed E-state index contributed by atoms with van der Waals surface area (Å²) in [5.41, 5.74) is 1.31. The second-order valence-electron chi connectivity index (χ2n) is 7.06. The molecule has 0 bridgehead atoms. The lowest BCUT2D eigenvalue weighted by molar-refractivity contribution is -0.120. The van der Waals surface area contributed by atoms with Crippen molar-refractivity contribution >= 4 is 27.5 Å². The third-order valence-corrected chi connectivity index (χ3v) is 6.56. The van der Waals surface area contributed by atoms with Crippen LogP contribution in [0.3, 0.4) is 0 Å². The van der Waals surface area contributed by atoms with Crippen LogP contribution in [-0.2, 0) is 19.6 Å². The van der Waals surface area contributed by atoms with E-state index >= 15 is 0 Å². The lowest BCUT2D eigenvalue weighted by Crippen LogP contribution is -2.33. The van der Waals surface area contributed by atoms with Crippen LogP contribution in [0.4, 0.5) is 5.69 Å². The summed E-state index contributed by atoms with van der Waals surface area (Å²) in [6, 6.07) is 14.7. The molecule has 0 spiro atoms. The van der Waals surface area contributed by atoms with Gasteiger partial charge in [0.25, 0.3) is 0 Å². The minimum absolute atomic E-state index is 0.0553. The second-order valence-corrected chi connectivity index (χ2v) is 9.05. The normalized spacial score (nSPS) is 12.6. The van der Waals surface area contributed by atoms with Crippen LogP contribution in [0, 0.1) is 0 Å². The Bertz CT molecular complexity index is 942. The first kappa shape index (κ1) is 22.6. The maximum absolute atomic E-state index is 12.5. The van der Waals surface area contributed by atoms with E-state index in [4.69, 9.17) is 0 Å². The minimum Gasteiger partial charge on any atom is -0.349 e. The number of hydrogen-bond donors (Lipinski definition) is 2. The quantitative estimate of drug-likeness (QED) is 0.690. The van der Waals surface area contributed by atoms with Gasteiger partial charge in [-0.3, -0.25) is 9.59 Å². The zero-order valence-corrected chi connectivity index (χ0v) is 17.9. The van der Waals surface area contributed by atoms with Crippen molar-refractivity contribution in [3.63, 3.8) is 0 Å². The van der Waals surface area contributed by atoms with E-state index in [9.17, 15) is 18.0 Å². The van der Waals surface area contributed by atoms with E-state index in [-0.39, 0.29) is 29.2 Å². The number of carbonyl (C=O) groups excluding carboxylic acids is 2. The highest BCUT2D eigenvalue weighted by molar-refractivity contribution is 7.89. The van der Waals surface area contributed by atoms with Crippen molar-refractivity contribution in [2.45, 2.75) is 44.2 Å². The summed E-state index contributed by atoms with van der Waals surface area (Å²) >= 11 is 0. The molecule has 7 nitrogen and oxygen atoms in total. The summed E-state index contributed by atoms with van der Waals surface area (Å²) in [5, 5.41) is 5.53. The minimum atomic E-state index is -3.58. The Kier molecular flexibility index (Phi) is 7.53. The van der Waals surface area contributed by atoms with Gasteiger partial charge in [0.1, 0.15) is 0 Å². The molecule has 8 heteroatoms. The average molecular weight is 418 g/mol. The summed E-state index contributed by atoms with van der Waals surface area (Å²) in [6.45, 7) is 5.00. The van der Waals surface area contributed by atoms with Gasteiger partial charge in [-0.15, -0.1) is 0 Å². The zero-order chi connectivity index (χ0) is 21.6. The molecule has 1 atom stereocenters. The number of rotatable bonds is 8. The van der Waals surface area contributed by atoms with Crippen LogP contribution in [0.5, 0.6) is 0 Å². The van der Waals surface area contributed by atoms with Crippen LogP contribution < -0.4 is 10.6 Å².